The van der Waals surface area contributed by atoms with Crippen LogP contribution in [0, 0.1) is 0 Å². The van der Waals surface area contributed by atoms with Gasteiger partial charge in [0.15, 0.2) is 0 Å². The molecule has 0 bridgehead atoms. The van der Waals surface area contributed by atoms with Crippen molar-refractivity contribution in [2.75, 3.05) is 17.3 Å². The minimum Gasteiger partial charge on any atom is -0.308 e. The predicted octanol–water partition coefficient (Wildman–Crippen LogP) is 4.12. The number of hydrogen-bond acceptors (Lipinski definition) is 1. The molecule has 0 spiro atoms. The number of benzene rings is 2. The molecule has 92 valence electrons. The molecule has 2 amide bonds. The summed E-state index contributed by atoms with van der Waals surface area (Å²) in [6.45, 7) is 0. The van der Waals surface area contributed by atoms with Gasteiger partial charge < -0.3 is 5.32 Å². The quantitative estimate of drug-likeness (QED) is 0.889. The Labute approximate surface area is 115 Å². The first-order valence-corrected chi connectivity index (χ1v) is 6.31. The third kappa shape index (κ3) is 3.11. The zero-order valence-corrected chi connectivity index (χ0v) is 11.5. The fraction of sp³-hybridized carbons (Fsp3) is 0.0714. The molecule has 0 heterocycles. The van der Waals surface area contributed by atoms with Crippen molar-refractivity contribution in [3.8, 4) is 0 Å². The van der Waals surface area contributed by atoms with E-state index in [1.807, 2.05) is 54.6 Å². The fourth-order valence-electron chi connectivity index (χ4n) is 1.51. The Morgan fingerprint density at radius 1 is 1.06 bits per heavy atom. The van der Waals surface area contributed by atoms with Crippen molar-refractivity contribution in [2.45, 2.75) is 0 Å². The molecule has 1 N–H and O–H groups in total. The van der Waals surface area contributed by atoms with Crippen LogP contribution < -0.4 is 10.2 Å². The first-order chi connectivity index (χ1) is 8.66. The molecule has 18 heavy (non-hydrogen) atoms. The van der Waals surface area contributed by atoms with Crippen molar-refractivity contribution < 1.29 is 4.79 Å². The van der Waals surface area contributed by atoms with Crippen molar-refractivity contribution in [2.24, 2.45) is 0 Å². The van der Waals surface area contributed by atoms with E-state index >= 15 is 0 Å². The van der Waals surface area contributed by atoms with Crippen molar-refractivity contribution >= 4 is 33.3 Å². The van der Waals surface area contributed by atoms with Gasteiger partial charge in [-0.15, -0.1) is 0 Å². The zero-order chi connectivity index (χ0) is 13.0. The highest BCUT2D eigenvalue weighted by atomic mass is 79.9. The molecule has 0 radical (unpaired) electrons. The first kappa shape index (κ1) is 12.6. The van der Waals surface area contributed by atoms with Gasteiger partial charge in [-0.3, -0.25) is 4.90 Å². The van der Waals surface area contributed by atoms with E-state index in [2.05, 4.69) is 21.2 Å². The van der Waals surface area contributed by atoms with Crippen LogP contribution in [0.2, 0.25) is 0 Å². The summed E-state index contributed by atoms with van der Waals surface area (Å²) in [5.41, 5.74) is 1.62. The maximum absolute atomic E-state index is 12.0. The van der Waals surface area contributed by atoms with E-state index in [1.165, 1.54) is 0 Å². The second-order valence-corrected chi connectivity index (χ2v) is 4.75. The lowest BCUT2D eigenvalue weighted by molar-refractivity contribution is 0.258. The van der Waals surface area contributed by atoms with Crippen LogP contribution in [0.4, 0.5) is 16.2 Å². The number of nitrogens with one attached hydrogen (secondary N) is 1. The summed E-state index contributed by atoms with van der Waals surface area (Å²) < 4.78 is 0.983. The molecule has 0 saturated heterocycles. The summed E-state index contributed by atoms with van der Waals surface area (Å²) in [6.07, 6.45) is 0. The van der Waals surface area contributed by atoms with E-state index in [-0.39, 0.29) is 6.03 Å². The number of para-hydroxylation sites is 1. The van der Waals surface area contributed by atoms with Crippen LogP contribution in [0.25, 0.3) is 0 Å². The van der Waals surface area contributed by atoms with Crippen LogP contribution in [0.5, 0.6) is 0 Å². The van der Waals surface area contributed by atoms with Gasteiger partial charge in [-0.2, -0.15) is 0 Å². The Morgan fingerprint density at radius 3 is 2.28 bits per heavy atom. The molecule has 0 aliphatic carbocycles. The highest BCUT2D eigenvalue weighted by Gasteiger charge is 2.09. The van der Waals surface area contributed by atoms with Crippen LogP contribution in [0.1, 0.15) is 0 Å². The van der Waals surface area contributed by atoms with Gasteiger partial charge in [0.25, 0.3) is 0 Å². The van der Waals surface area contributed by atoms with Crippen LogP contribution in [0.3, 0.4) is 0 Å². The molecule has 0 aliphatic rings. The minimum atomic E-state index is -0.163. The normalized spacial score (nSPS) is 9.89. The van der Waals surface area contributed by atoms with Gasteiger partial charge in [-0.05, 0) is 36.4 Å². The van der Waals surface area contributed by atoms with E-state index in [9.17, 15) is 4.79 Å². The van der Waals surface area contributed by atoms with Gasteiger partial charge in [0.05, 0.1) is 0 Å². The smallest absolute Gasteiger partial charge is 0.308 e. The molecule has 0 unspecified atom stereocenters. The van der Waals surface area contributed by atoms with Gasteiger partial charge in [0.1, 0.15) is 0 Å². The molecule has 2 rings (SSSR count). The largest absolute Gasteiger partial charge is 0.326 e. The first-order valence-electron chi connectivity index (χ1n) is 5.52. The number of amides is 2. The number of anilines is 2. The zero-order valence-electron chi connectivity index (χ0n) is 9.93. The van der Waals surface area contributed by atoms with Crippen LogP contribution in [0.15, 0.2) is 59.1 Å². The number of carbonyl (C=O) groups is 1. The van der Waals surface area contributed by atoms with E-state index in [1.54, 1.807) is 11.9 Å². The molecule has 2 aromatic carbocycles. The van der Waals surface area contributed by atoms with Crippen LogP contribution in [-0.4, -0.2) is 13.1 Å². The Bertz CT molecular complexity index is 525. The lowest BCUT2D eigenvalue weighted by atomic mass is 10.3. The number of urea groups is 1. The monoisotopic (exact) mass is 304 g/mol. The van der Waals surface area contributed by atoms with Gasteiger partial charge >= 0.3 is 6.03 Å². The van der Waals surface area contributed by atoms with E-state index in [4.69, 9.17) is 0 Å². The Hall–Kier alpha value is -1.81. The summed E-state index contributed by atoms with van der Waals surface area (Å²) >= 11 is 3.35. The van der Waals surface area contributed by atoms with E-state index in [0.717, 1.165) is 15.8 Å². The van der Waals surface area contributed by atoms with Gasteiger partial charge in [0.2, 0.25) is 0 Å². The van der Waals surface area contributed by atoms with Crippen molar-refractivity contribution in [1.29, 1.82) is 0 Å². The lowest BCUT2D eigenvalue weighted by Crippen LogP contribution is -2.31. The summed E-state index contributed by atoms with van der Waals surface area (Å²) in [6, 6.07) is 16.8. The number of carbonyl (C=O) groups excluding carboxylic acids is 1. The molecular weight excluding hydrogens is 292 g/mol. The highest BCUT2D eigenvalue weighted by molar-refractivity contribution is 9.10. The third-order valence-corrected chi connectivity index (χ3v) is 3.07. The van der Waals surface area contributed by atoms with Crippen molar-refractivity contribution in [3.05, 3.63) is 59.1 Å². The maximum atomic E-state index is 12.0. The Morgan fingerprint density at radius 2 is 1.67 bits per heavy atom. The molecule has 0 aliphatic heterocycles. The number of rotatable bonds is 2. The standard InChI is InChI=1S/C14H13BrN2O/c1-17(13-5-3-2-4-6-13)14(18)16-12-9-7-11(15)8-10-12/h2-10H,1H3,(H,16,18). The number of nitrogens with zero attached hydrogens (tertiary/aromatic N) is 1. The van der Waals surface area contributed by atoms with Crippen molar-refractivity contribution in [3.63, 3.8) is 0 Å². The van der Waals surface area contributed by atoms with Gasteiger partial charge in [-0.1, -0.05) is 34.1 Å². The molecule has 0 aromatic heterocycles. The Kier molecular flexibility index (Phi) is 3.99. The van der Waals surface area contributed by atoms with Crippen LogP contribution in [-0.2, 0) is 0 Å². The topological polar surface area (TPSA) is 32.3 Å². The second kappa shape index (κ2) is 5.69. The fourth-order valence-corrected chi connectivity index (χ4v) is 1.77. The predicted molar refractivity (Wildman–Crippen MR) is 78.0 cm³/mol. The summed E-state index contributed by atoms with van der Waals surface area (Å²) in [7, 11) is 1.74. The summed E-state index contributed by atoms with van der Waals surface area (Å²) in [5.74, 6) is 0. The lowest BCUT2D eigenvalue weighted by Gasteiger charge is -2.18. The average molecular weight is 305 g/mol. The minimum absolute atomic E-state index is 0.163. The number of hydrogen-bond donors (Lipinski definition) is 1. The van der Waals surface area contributed by atoms with Crippen LogP contribution >= 0.6 is 15.9 Å². The second-order valence-electron chi connectivity index (χ2n) is 3.83. The summed E-state index contributed by atoms with van der Waals surface area (Å²) in [5, 5.41) is 2.83. The highest BCUT2D eigenvalue weighted by Crippen LogP contribution is 2.16. The van der Waals surface area contributed by atoms with Crippen molar-refractivity contribution in [1.82, 2.24) is 0 Å². The molecule has 0 fully saturated rings. The molecular formula is C14H13BrN2O. The third-order valence-electron chi connectivity index (χ3n) is 2.54. The maximum Gasteiger partial charge on any atom is 0.326 e. The van der Waals surface area contributed by atoms with Gasteiger partial charge in [0, 0.05) is 22.9 Å². The SMILES string of the molecule is CN(C(=O)Nc1ccc(Br)cc1)c1ccccc1. The van der Waals surface area contributed by atoms with E-state index in [0.29, 0.717) is 0 Å². The molecule has 4 heteroatoms. The average Bonchev–Trinajstić information content (AvgIpc) is 2.41. The van der Waals surface area contributed by atoms with Gasteiger partial charge in [-0.25, -0.2) is 4.79 Å². The molecule has 0 saturated carbocycles. The Balaban J connectivity index is 2.06. The molecule has 0 atom stereocenters. The molecule has 3 nitrogen and oxygen atoms in total. The molecule has 2 aromatic rings. The van der Waals surface area contributed by atoms with E-state index < -0.39 is 0 Å². The number of halogens is 1. The summed E-state index contributed by atoms with van der Waals surface area (Å²) in [4.78, 5) is 13.6.